The van der Waals surface area contributed by atoms with Gasteiger partial charge in [0.1, 0.15) is 4.99 Å². The van der Waals surface area contributed by atoms with Gasteiger partial charge >= 0.3 is 0 Å². The zero-order chi connectivity index (χ0) is 13.8. The van der Waals surface area contributed by atoms with Gasteiger partial charge in [-0.15, -0.1) is 0 Å². The number of hydrogen-bond acceptors (Lipinski definition) is 2. The van der Waals surface area contributed by atoms with E-state index in [4.69, 9.17) is 22.7 Å². The number of thiocarbonyl (C=S) groups is 1. The third-order valence-corrected chi connectivity index (χ3v) is 4.51. The minimum atomic E-state index is 0.418. The van der Waals surface area contributed by atoms with E-state index < -0.39 is 0 Å². The van der Waals surface area contributed by atoms with E-state index in [9.17, 15) is 0 Å². The first-order valence-electron chi connectivity index (χ1n) is 7.06. The first kappa shape index (κ1) is 14.5. The molecule has 3 atom stereocenters. The Morgan fingerprint density at radius 3 is 2.47 bits per heavy atom. The molecule has 1 saturated carbocycles. The summed E-state index contributed by atoms with van der Waals surface area (Å²) in [6.07, 6.45) is 4.08. The van der Waals surface area contributed by atoms with Gasteiger partial charge in [-0.2, -0.15) is 0 Å². The van der Waals surface area contributed by atoms with Crippen LogP contribution in [0.2, 0.25) is 0 Å². The fraction of sp³-hybridized carbons (Fsp3) is 0.562. The average molecular weight is 277 g/mol. The van der Waals surface area contributed by atoms with Crippen LogP contribution >= 0.6 is 12.2 Å². The topological polar surface area (TPSA) is 35.2 Å². The van der Waals surface area contributed by atoms with Crippen LogP contribution in [0.4, 0.5) is 0 Å². The van der Waals surface area contributed by atoms with Crippen LogP contribution < -0.4 is 5.73 Å². The van der Waals surface area contributed by atoms with Crippen LogP contribution in [-0.4, -0.2) is 11.1 Å². The fourth-order valence-corrected chi connectivity index (χ4v) is 2.76. The molecular weight excluding hydrogens is 254 g/mol. The lowest BCUT2D eigenvalue weighted by atomic mass is 9.80. The lowest BCUT2D eigenvalue weighted by molar-refractivity contribution is -0.00745. The molecule has 0 aromatic heterocycles. The van der Waals surface area contributed by atoms with Crippen LogP contribution in [0.15, 0.2) is 24.3 Å². The first-order valence-corrected chi connectivity index (χ1v) is 7.47. The van der Waals surface area contributed by atoms with Crippen molar-refractivity contribution in [3.8, 4) is 0 Å². The first-order chi connectivity index (χ1) is 9.06. The molecule has 0 aliphatic heterocycles. The summed E-state index contributed by atoms with van der Waals surface area (Å²) in [5.41, 5.74) is 7.69. The predicted molar refractivity (Wildman–Crippen MR) is 83.1 cm³/mol. The number of ether oxygens (including phenoxy) is 1. The van der Waals surface area contributed by atoms with Gasteiger partial charge in [-0.1, -0.05) is 50.3 Å². The van der Waals surface area contributed by atoms with E-state index in [-0.39, 0.29) is 0 Å². The number of nitrogens with two attached hydrogens (primary N) is 1. The second-order valence-electron chi connectivity index (χ2n) is 5.76. The van der Waals surface area contributed by atoms with Gasteiger partial charge in [0.25, 0.3) is 0 Å². The van der Waals surface area contributed by atoms with Crippen molar-refractivity contribution in [2.24, 2.45) is 17.6 Å². The number of rotatable bonds is 4. The summed E-state index contributed by atoms with van der Waals surface area (Å²) in [5, 5.41) is 0. The van der Waals surface area contributed by atoms with Crippen LogP contribution in [0.3, 0.4) is 0 Å². The second kappa shape index (κ2) is 6.49. The van der Waals surface area contributed by atoms with Gasteiger partial charge in [-0.05, 0) is 36.7 Å². The normalized spacial score (nSPS) is 27.2. The molecule has 2 nitrogen and oxygen atoms in total. The second-order valence-corrected chi connectivity index (χ2v) is 6.20. The Morgan fingerprint density at radius 2 is 1.89 bits per heavy atom. The molecule has 1 aliphatic rings. The Morgan fingerprint density at radius 1 is 1.21 bits per heavy atom. The molecule has 1 aromatic rings. The molecule has 0 amide bonds. The molecule has 1 fully saturated rings. The highest BCUT2D eigenvalue weighted by Crippen LogP contribution is 2.31. The molecular formula is C16H23NOS. The lowest BCUT2D eigenvalue weighted by Crippen LogP contribution is -2.26. The molecule has 0 bridgehead atoms. The molecule has 0 spiro atoms. The Kier molecular flexibility index (Phi) is 4.94. The maximum Gasteiger partial charge on any atom is 0.103 e. The van der Waals surface area contributed by atoms with Crippen LogP contribution in [0.1, 0.15) is 44.2 Å². The van der Waals surface area contributed by atoms with Crippen molar-refractivity contribution in [3.05, 3.63) is 35.4 Å². The van der Waals surface area contributed by atoms with E-state index in [0.717, 1.165) is 17.4 Å². The van der Waals surface area contributed by atoms with Gasteiger partial charge in [-0.3, -0.25) is 0 Å². The van der Waals surface area contributed by atoms with Crippen LogP contribution in [0.5, 0.6) is 0 Å². The van der Waals surface area contributed by atoms with Gasteiger partial charge < -0.3 is 10.5 Å². The maximum absolute atomic E-state index is 6.02. The Labute approximate surface area is 121 Å². The Hall–Kier alpha value is -0.930. The van der Waals surface area contributed by atoms with E-state index in [0.29, 0.717) is 17.7 Å². The minimum absolute atomic E-state index is 0.418. The third-order valence-electron chi connectivity index (χ3n) is 4.27. The summed E-state index contributed by atoms with van der Waals surface area (Å²) < 4.78 is 6.02. The Balaban J connectivity index is 1.83. The summed E-state index contributed by atoms with van der Waals surface area (Å²) in [4.78, 5) is 0.447. The smallest absolute Gasteiger partial charge is 0.103 e. The third kappa shape index (κ3) is 4.02. The van der Waals surface area contributed by atoms with Crippen molar-refractivity contribution in [1.29, 1.82) is 0 Å². The molecule has 1 aliphatic carbocycles. The zero-order valence-corrected chi connectivity index (χ0v) is 12.6. The van der Waals surface area contributed by atoms with Crippen molar-refractivity contribution >= 4 is 17.2 Å². The van der Waals surface area contributed by atoms with Crippen molar-refractivity contribution in [2.45, 2.75) is 45.8 Å². The molecule has 19 heavy (non-hydrogen) atoms. The highest BCUT2D eigenvalue weighted by Gasteiger charge is 2.24. The molecule has 0 saturated heterocycles. The summed E-state index contributed by atoms with van der Waals surface area (Å²) in [6.45, 7) is 5.36. The SMILES string of the molecule is CC1CCC(OCc2ccc(C(N)=S)cc2)CC1C. The van der Waals surface area contributed by atoms with E-state index in [1.165, 1.54) is 24.8 Å². The highest BCUT2D eigenvalue weighted by atomic mass is 32.1. The summed E-state index contributed by atoms with van der Waals surface area (Å²) in [7, 11) is 0. The predicted octanol–water partition coefficient (Wildman–Crippen LogP) is 3.66. The molecule has 104 valence electrons. The maximum atomic E-state index is 6.02. The molecule has 0 radical (unpaired) electrons. The van der Waals surface area contributed by atoms with Gasteiger partial charge in [0.15, 0.2) is 0 Å². The molecule has 1 aromatic carbocycles. The van der Waals surface area contributed by atoms with Crippen molar-refractivity contribution in [1.82, 2.24) is 0 Å². The quantitative estimate of drug-likeness (QED) is 0.853. The highest BCUT2D eigenvalue weighted by molar-refractivity contribution is 7.80. The summed E-state index contributed by atoms with van der Waals surface area (Å²) in [5.74, 6) is 1.61. The molecule has 2 rings (SSSR count). The Bertz CT molecular complexity index is 429. The van der Waals surface area contributed by atoms with Gasteiger partial charge in [0.2, 0.25) is 0 Å². The average Bonchev–Trinajstić information content (AvgIpc) is 2.40. The van der Waals surface area contributed by atoms with Gasteiger partial charge in [-0.25, -0.2) is 0 Å². The molecule has 2 N–H and O–H groups in total. The van der Waals surface area contributed by atoms with E-state index >= 15 is 0 Å². The number of hydrogen-bond donors (Lipinski definition) is 1. The van der Waals surface area contributed by atoms with E-state index in [1.807, 2.05) is 24.3 Å². The fourth-order valence-electron chi connectivity index (χ4n) is 2.63. The van der Waals surface area contributed by atoms with Crippen molar-refractivity contribution in [3.63, 3.8) is 0 Å². The van der Waals surface area contributed by atoms with Gasteiger partial charge in [0, 0.05) is 5.56 Å². The largest absolute Gasteiger partial charge is 0.389 e. The van der Waals surface area contributed by atoms with E-state index in [2.05, 4.69) is 13.8 Å². The molecule has 3 unspecified atom stereocenters. The van der Waals surface area contributed by atoms with Crippen LogP contribution in [0, 0.1) is 11.8 Å². The van der Waals surface area contributed by atoms with Gasteiger partial charge in [0.05, 0.1) is 12.7 Å². The summed E-state index contributed by atoms with van der Waals surface area (Å²) >= 11 is 4.94. The molecule has 0 heterocycles. The zero-order valence-electron chi connectivity index (χ0n) is 11.8. The van der Waals surface area contributed by atoms with Crippen molar-refractivity contribution < 1.29 is 4.74 Å². The standard InChI is InChI=1S/C16H23NOS/c1-11-3-8-15(9-12(11)2)18-10-13-4-6-14(7-5-13)16(17)19/h4-7,11-12,15H,3,8-10H2,1-2H3,(H2,17,19). The number of benzene rings is 1. The van der Waals surface area contributed by atoms with Crippen LogP contribution in [0.25, 0.3) is 0 Å². The van der Waals surface area contributed by atoms with Crippen LogP contribution in [-0.2, 0) is 11.3 Å². The monoisotopic (exact) mass is 277 g/mol. The van der Waals surface area contributed by atoms with Crippen molar-refractivity contribution in [2.75, 3.05) is 0 Å². The minimum Gasteiger partial charge on any atom is -0.389 e. The van der Waals surface area contributed by atoms with E-state index in [1.54, 1.807) is 0 Å². The summed E-state index contributed by atoms with van der Waals surface area (Å²) in [6, 6.07) is 8.02. The lowest BCUT2D eigenvalue weighted by Gasteiger charge is -2.32. The molecule has 3 heteroatoms.